The molecule has 1 heterocycles. The number of likely N-dealkylation sites (N-methyl/N-ethyl adjacent to an activating group) is 1. The van der Waals surface area contributed by atoms with Crippen LogP contribution < -0.4 is 15.5 Å². The first-order chi connectivity index (χ1) is 12.1. The molecule has 0 fully saturated rings. The number of rotatable bonds is 6. The number of fused-ring (bicyclic) bond motifs is 1. The summed E-state index contributed by atoms with van der Waals surface area (Å²) < 4.78 is 5.78. The highest BCUT2D eigenvalue weighted by Gasteiger charge is 2.13. The standard InChI is InChI=1S/C20H23N3O2/c1-15(19-14-16-8-6-7-11-18(16)25-19)22-20(24)21-12-13-23(2)17-9-4-3-5-10-17/h3-11,14-15H,12-13H2,1-2H3,(H2,21,22,24). The number of para-hydroxylation sites is 2. The van der Waals surface area contributed by atoms with Crippen LogP contribution in [0.3, 0.4) is 0 Å². The van der Waals surface area contributed by atoms with E-state index in [-0.39, 0.29) is 12.1 Å². The third-order valence-corrected chi connectivity index (χ3v) is 4.15. The third-order valence-electron chi connectivity index (χ3n) is 4.15. The van der Waals surface area contributed by atoms with Gasteiger partial charge in [-0.05, 0) is 31.2 Å². The maximum Gasteiger partial charge on any atom is 0.315 e. The van der Waals surface area contributed by atoms with Crippen LogP contribution in [0.1, 0.15) is 18.7 Å². The number of anilines is 1. The highest BCUT2D eigenvalue weighted by atomic mass is 16.3. The van der Waals surface area contributed by atoms with Gasteiger partial charge in [-0.1, -0.05) is 36.4 Å². The molecule has 2 aromatic carbocycles. The maximum atomic E-state index is 12.1. The van der Waals surface area contributed by atoms with Crippen molar-refractivity contribution in [1.29, 1.82) is 0 Å². The molecule has 3 aromatic rings. The second-order valence-corrected chi connectivity index (χ2v) is 6.07. The fourth-order valence-corrected chi connectivity index (χ4v) is 2.68. The molecule has 0 radical (unpaired) electrons. The number of carbonyl (C=O) groups excluding carboxylic acids is 1. The Morgan fingerprint density at radius 1 is 1.12 bits per heavy atom. The minimum absolute atomic E-state index is 0.195. The number of carbonyl (C=O) groups is 1. The lowest BCUT2D eigenvalue weighted by molar-refractivity contribution is 0.236. The summed E-state index contributed by atoms with van der Waals surface area (Å²) in [6.45, 7) is 3.20. The zero-order valence-electron chi connectivity index (χ0n) is 14.5. The van der Waals surface area contributed by atoms with Gasteiger partial charge < -0.3 is 20.0 Å². The Kier molecular flexibility index (Phi) is 5.23. The van der Waals surface area contributed by atoms with Crippen molar-refractivity contribution in [2.45, 2.75) is 13.0 Å². The number of amides is 2. The minimum Gasteiger partial charge on any atom is -0.459 e. The number of nitrogens with one attached hydrogen (secondary N) is 2. The van der Waals surface area contributed by atoms with E-state index in [1.165, 1.54) is 0 Å². The van der Waals surface area contributed by atoms with E-state index in [4.69, 9.17) is 4.42 Å². The largest absolute Gasteiger partial charge is 0.459 e. The van der Waals surface area contributed by atoms with Gasteiger partial charge in [0.25, 0.3) is 0 Å². The first-order valence-corrected chi connectivity index (χ1v) is 8.42. The van der Waals surface area contributed by atoms with E-state index in [1.54, 1.807) is 0 Å². The van der Waals surface area contributed by atoms with Crippen LogP contribution in [-0.2, 0) is 0 Å². The molecule has 0 bridgehead atoms. The monoisotopic (exact) mass is 337 g/mol. The molecule has 25 heavy (non-hydrogen) atoms. The van der Waals surface area contributed by atoms with Gasteiger partial charge in [0, 0.05) is 31.2 Å². The Hall–Kier alpha value is -2.95. The van der Waals surface area contributed by atoms with Crippen LogP contribution in [0.2, 0.25) is 0 Å². The molecule has 3 rings (SSSR count). The fourth-order valence-electron chi connectivity index (χ4n) is 2.68. The molecule has 2 amide bonds. The van der Waals surface area contributed by atoms with Crippen molar-refractivity contribution < 1.29 is 9.21 Å². The summed E-state index contributed by atoms with van der Waals surface area (Å²) in [6.07, 6.45) is 0. The third kappa shape index (κ3) is 4.32. The van der Waals surface area contributed by atoms with Gasteiger partial charge in [-0.2, -0.15) is 0 Å². The molecule has 0 saturated carbocycles. The van der Waals surface area contributed by atoms with E-state index in [0.717, 1.165) is 29.0 Å². The van der Waals surface area contributed by atoms with Crippen LogP contribution >= 0.6 is 0 Å². The van der Waals surface area contributed by atoms with Crippen molar-refractivity contribution in [3.8, 4) is 0 Å². The number of hydrogen-bond donors (Lipinski definition) is 2. The number of hydrogen-bond acceptors (Lipinski definition) is 3. The van der Waals surface area contributed by atoms with Crippen LogP contribution in [0.25, 0.3) is 11.0 Å². The number of urea groups is 1. The molecule has 1 atom stereocenters. The van der Waals surface area contributed by atoms with Crippen LogP contribution in [0.4, 0.5) is 10.5 Å². The topological polar surface area (TPSA) is 57.5 Å². The quantitative estimate of drug-likeness (QED) is 0.716. The summed E-state index contributed by atoms with van der Waals surface area (Å²) in [5.74, 6) is 0.748. The van der Waals surface area contributed by atoms with E-state index >= 15 is 0 Å². The lowest BCUT2D eigenvalue weighted by Crippen LogP contribution is -2.40. The van der Waals surface area contributed by atoms with Gasteiger partial charge in [0.05, 0.1) is 6.04 Å². The summed E-state index contributed by atoms with van der Waals surface area (Å²) in [4.78, 5) is 14.2. The molecule has 0 aliphatic carbocycles. The molecule has 0 aliphatic rings. The van der Waals surface area contributed by atoms with Crippen LogP contribution in [-0.4, -0.2) is 26.2 Å². The van der Waals surface area contributed by atoms with E-state index in [2.05, 4.69) is 15.5 Å². The SMILES string of the molecule is CC(NC(=O)NCCN(C)c1ccccc1)c1cc2ccccc2o1. The highest BCUT2D eigenvalue weighted by Crippen LogP contribution is 2.23. The van der Waals surface area contributed by atoms with Gasteiger partial charge in [-0.15, -0.1) is 0 Å². The van der Waals surface area contributed by atoms with E-state index in [9.17, 15) is 4.79 Å². The number of nitrogens with zero attached hydrogens (tertiary/aromatic N) is 1. The average Bonchev–Trinajstić information content (AvgIpc) is 3.06. The molecule has 1 aromatic heterocycles. The zero-order chi connectivity index (χ0) is 17.6. The van der Waals surface area contributed by atoms with Gasteiger partial charge >= 0.3 is 6.03 Å². The molecule has 130 valence electrons. The Labute approximate surface area is 147 Å². The summed E-state index contributed by atoms with van der Waals surface area (Å²) in [7, 11) is 2.01. The zero-order valence-corrected chi connectivity index (χ0v) is 14.5. The lowest BCUT2D eigenvalue weighted by Gasteiger charge is -2.20. The van der Waals surface area contributed by atoms with E-state index in [0.29, 0.717) is 6.54 Å². The van der Waals surface area contributed by atoms with Gasteiger partial charge in [0.15, 0.2) is 0 Å². The van der Waals surface area contributed by atoms with Gasteiger partial charge in [0.2, 0.25) is 0 Å². The fraction of sp³-hybridized carbons (Fsp3) is 0.250. The van der Waals surface area contributed by atoms with Crippen molar-refractivity contribution in [1.82, 2.24) is 10.6 Å². The van der Waals surface area contributed by atoms with Crippen molar-refractivity contribution in [3.05, 3.63) is 66.4 Å². The lowest BCUT2D eigenvalue weighted by atomic mass is 10.2. The average molecular weight is 337 g/mol. The number of furan rings is 1. The molecular weight excluding hydrogens is 314 g/mol. The Bertz CT molecular complexity index is 796. The molecule has 5 nitrogen and oxygen atoms in total. The van der Waals surface area contributed by atoms with Gasteiger partial charge in [0.1, 0.15) is 11.3 Å². The predicted molar refractivity (Wildman–Crippen MR) is 101 cm³/mol. The van der Waals surface area contributed by atoms with Crippen molar-refractivity contribution in [2.75, 3.05) is 25.0 Å². The van der Waals surface area contributed by atoms with Crippen molar-refractivity contribution >= 4 is 22.7 Å². The first-order valence-electron chi connectivity index (χ1n) is 8.42. The molecule has 1 unspecified atom stereocenters. The Morgan fingerprint density at radius 3 is 2.60 bits per heavy atom. The second-order valence-electron chi connectivity index (χ2n) is 6.07. The second kappa shape index (κ2) is 7.75. The minimum atomic E-state index is -0.200. The van der Waals surface area contributed by atoms with Crippen LogP contribution in [0, 0.1) is 0 Å². The number of benzene rings is 2. The molecule has 2 N–H and O–H groups in total. The molecular formula is C20H23N3O2. The molecule has 0 aliphatic heterocycles. The van der Waals surface area contributed by atoms with Crippen LogP contribution in [0.5, 0.6) is 0 Å². The van der Waals surface area contributed by atoms with Crippen molar-refractivity contribution in [2.24, 2.45) is 0 Å². The Balaban J connectivity index is 1.47. The summed E-state index contributed by atoms with van der Waals surface area (Å²) in [6, 6.07) is 19.5. The predicted octanol–water partition coefficient (Wildman–Crippen LogP) is 3.93. The van der Waals surface area contributed by atoms with Crippen molar-refractivity contribution in [3.63, 3.8) is 0 Å². The summed E-state index contributed by atoms with van der Waals surface area (Å²) in [5, 5.41) is 6.83. The molecule has 5 heteroatoms. The summed E-state index contributed by atoms with van der Waals surface area (Å²) in [5.41, 5.74) is 1.95. The van der Waals surface area contributed by atoms with E-state index < -0.39 is 0 Å². The van der Waals surface area contributed by atoms with Gasteiger partial charge in [-0.3, -0.25) is 0 Å². The van der Waals surface area contributed by atoms with Gasteiger partial charge in [-0.25, -0.2) is 4.79 Å². The van der Waals surface area contributed by atoms with E-state index in [1.807, 2.05) is 74.6 Å². The highest BCUT2D eigenvalue weighted by molar-refractivity contribution is 5.78. The normalized spacial score (nSPS) is 11.9. The molecule has 0 spiro atoms. The van der Waals surface area contributed by atoms with Crippen LogP contribution in [0.15, 0.2) is 65.1 Å². The maximum absolute atomic E-state index is 12.1. The Morgan fingerprint density at radius 2 is 1.84 bits per heavy atom. The smallest absolute Gasteiger partial charge is 0.315 e. The summed E-state index contributed by atoms with van der Waals surface area (Å²) >= 11 is 0. The first kappa shape index (κ1) is 16.9. The molecule has 0 saturated heterocycles.